The Kier molecular flexibility index (Phi) is 11.2. The first-order chi connectivity index (χ1) is 11.3. The molecule has 24 heavy (non-hydrogen) atoms. The Labute approximate surface area is 164 Å². The smallest absolute Gasteiger partial charge is 0.191 e. The number of aromatic nitrogens is 1. The summed E-state index contributed by atoms with van der Waals surface area (Å²) in [6, 6.07) is 4.76. The lowest BCUT2D eigenvalue weighted by Gasteiger charge is -2.36. The second-order valence-corrected chi connectivity index (χ2v) is 6.34. The lowest BCUT2D eigenvalue weighted by Crippen LogP contribution is -2.49. The predicted octanol–water partition coefficient (Wildman–Crippen LogP) is 2.93. The summed E-state index contributed by atoms with van der Waals surface area (Å²) >= 11 is 0. The van der Waals surface area contributed by atoms with Crippen molar-refractivity contribution in [3.63, 3.8) is 0 Å². The van der Waals surface area contributed by atoms with Gasteiger partial charge in [-0.2, -0.15) is 0 Å². The highest BCUT2D eigenvalue weighted by Gasteiger charge is 2.21. The zero-order chi connectivity index (χ0) is 16.3. The van der Waals surface area contributed by atoms with Gasteiger partial charge in [-0.25, -0.2) is 0 Å². The highest BCUT2D eigenvalue weighted by Crippen LogP contribution is 2.16. The third-order valence-corrected chi connectivity index (χ3v) is 4.61. The maximum absolute atomic E-state index is 4.35. The zero-order valence-corrected chi connectivity index (χ0v) is 17.5. The summed E-state index contributed by atoms with van der Waals surface area (Å²) in [4.78, 5) is 7.00. The van der Waals surface area contributed by atoms with Crippen molar-refractivity contribution in [1.29, 1.82) is 0 Å². The number of piperidine rings is 1. The number of halogens is 1. The molecule has 138 valence electrons. The van der Waals surface area contributed by atoms with E-state index in [2.05, 4.69) is 56.5 Å². The Bertz CT molecular complexity index is 446. The second kappa shape index (κ2) is 12.6. The average Bonchev–Trinajstić information content (AvgIpc) is 3.10. The minimum atomic E-state index is 0. The first kappa shape index (κ1) is 21.3. The van der Waals surface area contributed by atoms with Gasteiger partial charge in [-0.05, 0) is 44.5 Å². The fourth-order valence-electron chi connectivity index (χ4n) is 3.20. The maximum Gasteiger partial charge on any atom is 0.191 e. The highest BCUT2D eigenvalue weighted by molar-refractivity contribution is 14.0. The number of unbranched alkanes of at least 4 members (excludes halogenated alkanes) is 1. The van der Waals surface area contributed by atoms with Gasteiger partial charge in [-0.3, -0.25) is 9.89 Å². The van der Waals surface area contributed by atoms with Crippen molar-refractivity contribution in [2.24, 2.45) is 4.99 Å². The summed E-state index contributed by atoms with van der Waals surface area (Å²) in [6.07, 6.45) is 10.8. The summed E-state index contributed by atoms with van der Waals surface area (Å²) in [6.45, 7) is 7.60. The summed E-state index contributed by atoms with van der Waals surface area (Å²) in [5.74, 6) is 0.915. The van der Waals surface area contributed by atoms with Crippen LogP contribution in [0.15, 0.2) is 29.5 Å². The van der Waals surface area contributed by atoms with E-state index in [1.807, 2.05) is 7.05 Å². The molecule has 1 aliphatic heterocycles. The monoisotopic (exact) mass is 447 g/mol. The van der Waals surface area contributed by atoms with Gasteiger partial charge in [0.05, 0.1) is 0 Å². The maximum atomic E-state index is 4.35. The van der Waals surface area contributed by atoms with Crippen LogP contribution >= 0.6 is 24.0 Å². The van der Waals surface area contributed by atoms with Crippen LogP contribution in [0.1, 0.15) is 39.0 Å². The van der Waals surface area contributed by atoms with E-state index in [1.54, 1.807) is 0 Å². The number of rotatable bonds is 8. The average molecular weight is 447 g/mol. The molecular weight excluding hydrogens is 413 g/mol. The van der Waals surface area contributed by atoms with Crippen LogP contribution in [0.3, 0.4) is 0 Å². The molecule has 0 radical (unpaired) electrons. The molecule has 1 saturated heterocycles. The Morgan fingerprint density at radius 3 is 2.67 bits per heavy atom. The van der Waals surface area contributed by atoms with Crippen molar-refractivity contribution in [2.45, 2.75) is 51.6 Å². The van der Waals surface area contributed by atoms with Crippen LogP contribution in [0.5, 0.6) is 0 Å². The van der Waals surface area contributed by atoms with Gasteiger partial charge in [0.25, 0.3) is 0 Å². The van der Waals surface area contributed by atoms with E-state index in [0.717, 1.165) is 25.6 Å². The lowest BCUT2D eigenvalue weighted by molar-refractivity contribution is 0.147. The molecule has 0 spiro atoms. The number of aliphatic imine (C=N–C) groups is 1. The van der Waals surface area contributed by atoms with E-state index in [4.69, 9.17) is 0 Å². The number of nitrogens with zero attached hydrogens (tertiary/aromatic N) is 3. The molecule has 0 bridgehead atoms. The molecule has 2 rings (SSSR count). The number of guanidine groups is 1. The van der Waals surface area contributed by atoms with Crippen LogP contribution in [0.2, 0.25) is 0 Å². The first-order valence-electron chi connectivity index (χ1n) is 9.12. The zero-order valence-electron chi connectivity index (χ0n) is 15.2. The lowest BCUT2D eigenvalue weighted by atomic mass is 10.0. The molecular formula is C18H34IN5. The van der Waals surface area contributed by atoms with Crippen LogP contribution in [-0.4, -0.2) is 54.7 Å². The van der Waals surface area contributed by atoms with E-state index in [0.29, 0.717) is 6.04 Å². The van der Waals surface area contributed by atoms with E-state index in [-0.39, 0.29) is 24.0 Å². The molecule has 0 aromatic carbocycles. The molecule has 2 heterocycles. The molecule has 1 aliphatic rings. The van der Waals surface area contributed by atoms with Gasteiger partial charge in [0.15, 0.2) is 5.96 Å². The van der Waals surface area contributed by atoms with Gasteiger partial charge in [0.1, 0.15) is 0 Å². The Morgan fingerprint density at radius 2 is 1.96 bits per heavy atom. The quantitative estimate of drug-likeness (QED) is 0.366. The number of nitrogens with one attached hydrogen (secondary N) is 2. The summed E-state index contributed by atoms with van der Waals surface area (Å²) in [5, 5.41) is 6.92. The minimum absolute atomic E-state index is 0. The Hall–Kier alpha value is -0.760. The van der Waals surface area contributed by atoms with Crippen molar-refractivity contribution >= 4 is 29.9 Å². The minimum Gasteiger partial charge on any atom is -0.355 e. The SMILES string of the molecule is CCCCN1CCCCC1CNC(=NC)NCCn1cccc1.I. The Morgan fingerprint density at radius 1 is 1.17 bits per heavy atom. The first-order valence-corrected chi connectivity index (χ1v) is 9.12. The molecule has 6 heteroatoms. The summed E-state index contributed by atoms with van der Waals surface area (Å²) in [7, 11) is 1.85. The number of hydrogen-bond donors (Lipinski definition) is 2. The van der Waals surface area contributed by atoms with Crippen LogP contribution < -0.4 is 10.6 Å². The van der Waals surface area contributed by atoms with Gasteiger partial charge in [0.2, 0.25) is 0 Å². The third kappa shape index (κ3) is 7.42. The van der Waals surface area contributed by atoms with Crippen molar-refractivity contribution < 1.29 is 0 Å². The summed E-state index contributed by atoms with van der Waals surface area (Å²) < 4.78 is 2.17. The summed E-state index contributed by atoms with van der Waals surface area (Å²) in [5.41, 5.74) is 0. The van der Waals surface area contributed by atoms with Gasteiger partial charge in [-0.15, -0.1) is 24.0 Å². The fourth-order valence-corrected chi connectivity index (χ4v) is 3.20. The van der Waals surface area contributed by atoms with E-state index >= 15 is 0 Å². The molecule has 2 N–H and O–H groups in total. The van der Waals surface area contributed by atoms with Gasteiger partial charge < -0.3 is 15.2 Å². The van der Waals surface area contributed by atoms with Gasteiger partial charge in [-0.1, -0.05) is 19.8 Å². The predicted molar refractivity (Wildman–Crippen MR) is 113 cm³/mol. The van der Waals surface area contributed by atoms with Crippen LogP contribution in [0, 0.1) is 0 Å². The normalized spacial score (nSPS) is 18.9. The molecule has 1 aromatic rings. The van der Waals surface area contributed by atoms with Crippen molar-refractivity contribution in [3.8, 4) is 0 Å². The van der Waals surface area contributed by atoms with Crippen LogP contribution in [-0.2, 0) is 6.54 Å². The highest BCUT2D eigenvalue weighted by atomic mass is 127. The van der Waals surface area contributed by atoms with Gasteiger partial charge >= 0.3 is 0 Å². The molecule has 0 aliphatic carbocycles. The third-order valence-electron chi connectivity index (χ3n) is 4.61. The largest absolute Gasteiger partial charge is 0.355 e. The van der Waals surface area contributed by atoms with Crippen LogP contribution in [0.25, 0.3) is 0 Å². The molecule has 1 fully saturated rings. The van der Waals surface area contributed by atoms with Crippen molar-refractivity contribution in [1.82, 2.24) is 20.1 Å². The molecule has 0 saturated carbocycles. The molecule has 1 aromatic heterocycles. The number of likely N-dealkylation sites (tertiary alicyclic amines) is 1. The molecule has 5 nitrogen and oxygen atoms in total. The van der Waals surface area contributed by atoms with Crippen molar-refractivity contribution in [2.75, 3.05) is 33.2 Å². The molecule has 1 atom stereocenters. The standard InChI is InChI=1S/C18H33N5.HI/c1-3-4-13-23-14-6-5-9-17(23)16-21-18(19-2)20-10-15-22-11-7-8-12-22;/h7-8,11-12,17H,3-6,9-10,13-16H2,1-2H3,(H2,19,20,21);1H. The molecule has 0 amide bonds. The van der Waals surface area contributed by atoms with E-state index in [9.17, 15) is 0 Å². The topological polar surface area (TPSA) is 44.6 Å². The molecule has 1 unspecified atom stereocenters. The Balaban J connectivity index is 0.00000288. The van der Waals surface area contributed by atoms with E-state index in [1.165, 1.54) is 45.2 Å². The fraction of sp³-hybridized carbons (Fsp3) is 0.722. The van der Waals surface area contributed by atoms with Gasteiger partial charge in [0, 0.05) is 45.1 Å². The van der Waals surface area contributed by atoms with E-state index < -0.39 is 0 Å². The number of hydrogen-bond acceptors (Lipinski definition) is 2. The van der Waals surface area contributed by atoms with Crippen LogP contribution in [0.4, 0.5) is 0 Å². The van der Waals surface area contributed by atoms with Crippen molar-refractivity contribution in [3.05, 3.63) is 24.5 Å². The second-order valence-electron chi connectivity index (χ2n) is 6.34.